The molecule has 33 heavy (non-hydrogen) atoms. The number of halogens is 3. The number of carbonyl (C=O) groups is 2. The van der Waals surface area contributed by atoms with Crippen molar-refractivity contribution in [2.24, 2.45) is 0 Å². The predicted octanol–water partition coefficient (Wildman–Crippen LogP) is 2.12. The Hall–Kier alpha value is -3.32. The Bertz CT molecular complexity index is 1070. The fourth-order valence-corrected chi connectivity index (χ4v) is 3.68. The van der Waals surface area contributed by atoms with Crippen molar-refractivity contribution in [2.75, 3.05) is 13.7 Å². The summed E-state index contributed by atoms with van der Waals surface area (Å²) < 4.78 is 77.7. The van der Waals surface area contributed by atoms with Crippen molar-refractivity contribution < 1.29 is 45.4 Å². The van der Waals surface area contributed by atoms with Crippen molar-refractivity contribution in [1.29, 1.82) is 0 Å². The normalized spacial score (nSPS) is 12.5. The van der Waals surface area contributed by atoms with Crippen molar-refractivity contribution >= 4 is 21.9 Å². The summed E-state index contributed by atoms with van der Waals surface area (Å²) in [5.41, 5.74) is 0.0510. The number of alkyl halides is 3. The molecule has 2 aromatic rings. The standard InChI is InChI=1S/C20H21F3N2O7S/c1-13(25-33(28,29)16-9-7-15(30-2)8-10-16)19(27)31-12-18(26)24-11-14-5-3-4-6-17(14)32-20(21,22)23/h3-10,13,25H,11-12H2,1-2H3,(H,24,26)/t13-/m0/s1. The van der Waals surface area contributed by atoms with Gasteiger partial charge in [0.25, 0.3) is 5.91 Å². The lowest BCUT2D eigenvalue weighted by molar-refractivity contribution is -0.274. The van der Waals surface area contributed by atoms with Crippen LogP contribution in [0.4, 0.5) is 13.2 Å². The maximum Gasteiger partial charge on any atom is 0.573 e. The summed E-state index contributed by atoms with van der Waals surface area (Å²) >= 11 is 0. The zero-order valence-corrected chi connectivity index (χ0v) is 18.3. The van der Waals surface area contributed by atoms with Gasteiger partial charge in [0, 0.05) is 12.1 Å². The highest BCUT2D eigenvalue weighted by molar-refractivity contribution is 7.89. The number of rotatable bonds is 10. The quantitative estimate of drug-likeness (QED) is 0.490. The zero-order valence-electron chi connectivity index (χ0n) is 17.5. The van der Waals surface area contributed by atoms with Crippen LogP contribution < -0.4 is 19.5 Å². The van der Waals surface area contributed by atoms with Gasteiger partial charge in [0.15, 0.2) is 6.61 Å². The minimum absolute atomic E-state index is 0.0510. The molecular weight excluding hydrogens is 469 g/mol. The van der Waals surface area contributed by atoms with Crippen LogP contribution in [-0.4, -0.2) is 46.4 Å². The molecule has 2 rings (SSSR count). The SMILES string of the molecule is COc1ccc(S(=O)(=O)N[C@@H](C)C(=O)OCC(=O)NCc2ccccc2OC(F)(F)F)cc1. The van der Waals surface area contributed by atoms with E-state index in [-0.39, 0.29) is 17.0 Å². The molecule has 0 saturated heterocycles. The largest absolute Gasteiger partial charge is 0.573 e. The molecule has 1 atom stereocenters. The molecule has 0 radical (unpaired) electrons. The van der Waals surface area contributed by atoms with E-state index in [1.807, 2.05) is 0 Å². The number of hydrogen-bond donors (Lipinski definition) is 2. The molecule has 0 aromatic heterocycles. The van der Waals surface area contributed by atoms with Gasteiger partial charge in [-0.15, -0.1) is 13.2 Å². The third kappa shape index (κ3) is 8.27. The van der Waals surface area contributed by atoms with Gasteiger partial charge in [-0.1, -0.05) is 18.2 Å². The summed E-state index contributed by atoms with van der Waals surface area (Å²) in [7, 11) is -2.63. The summed E-state index contributed by atoms with van der Waals surface area (Å²) in [6.07, 6.45) is -4.90. The van der Waals surface area contributed by atoms with E-state index in [2.05, 4.69) is 14.8 Å². The van der Waals surface area contributed by atoms with Crippen LogP contribution in [0.3, 0.4) is 0 Å². The number of carbonyl (C=O) groups excluding carboxylic acids is 2. The molecule has 0 unspecified atom stereocenters. The van der Waals surface area contributed by atoms with E-state index < -0.39 is 46.7 Å². The van der Waals surface area contributed by atoms with Crippen molar-refractivity contribution in [3.63, 3.8) is 0 Å². The predicted molar refractivity (Wildman–Crippen MR) is 109 cm³/mol. The van der Waals surface area contributed by atoms with Gasteiger partial charge >= 0.3 is 12.3 Å². The molecule has 0 aliphatic rings. The fourth-order valence-electron chi connectivity index (χ4n) is 2.48. The maximum absolute atomic E-state index is 12.4. The van der Waals surface area contributed by atoms with Crippen molar-refractivity contribution in [3.05, 3.63) is 54.1 Å². The molecule has 1 amide bonds. The number of esters is 1. The number of sulfonamides is 1. The van der Waals surface area contributed by atoms with Crippen molar-refractivity contribution in [3.8, 4) is 11.5 Å². The van der Waals surface area contributed by atoms with Gasteiger partial charge in [0.05, 0.1) is 12.0 Å². The smallest absolute Gasteiger partial charge is 0.497 e. The minimum Gasteiger partial charge on any atom is -0.497 e. The van der Waals surface area contributed by atoms with E-state index in [0.29, 0.717) is 5.75 Å². The molecule has 2 aromatic carbocycles. The topological polar surface area (TPSA) is 120 Å². The molecule has 0 spiro atoms. The average Bonchev–Trinajstić information content (AvgIpc) is 2.75. The number of benzene rings is 2. The van der Waals surface area contributed by atoms with Crippen LogP contribution in [-0.2, 0) is 30.9 Å². The van der Waals surface area contributed by atoms with Gasteiger partial charge < -0.3 is 19.5 Å². The number of ether oxygens (including phenoxy) is 3. The molecule has 13 heteroatoms. The van der Waals surface area contributed by atoms with E-state index in [1.165, 1.54) is 56.5 Å². The highest BCUT2D eigenvalue weighted by Gasteiger charge is 2.32. The number of para-hydroxylation sites is 1. The van der Waals surface area contributed by atoms with Gasteiger partial charge in [-0.3, -0.25) is 9.59 Å². The van der Waals surface area contributed by atoms with Crippen LogP contribution in [0.15, 0.2) is 53.4 Å². The third-order valence-corrected chi connectivity index (χ3v) is 5.63. The van der Waals surface area contributed by atoms with Crippen LogP contribution in [0.1, 0.15) is 12.5 Å². The zero-order chi connectivity index (χ0) is 24.6. The highest BCUT2D eigenvalue weighted by Crippen LogP contribution is 2.26. The van der Waals surface area contributed by atoms with Crippen LogP contribution in [0.5, 0.6) is 11.5 Å². The lowest BCUT2D eigenvalue weighted by Crippen LogP contribution is -2.40. The molecule has 0 heterocycles. The Labute approximate surface area is 187 Å². The Morgan fingerprint density at radius 1 is 1.06 bits per heavy atom. The molecule has 0 saturated carbocycles. The first-order valence-electron chi connectivity index (χ1n) is 9.34. The van der Waals surface area contributed by atoms with Crippen molar-refractivity contribution in [1.82, 2.24) is 10.0 Å². The van der Waals surface area contributed by atoms with Crippen molar-refractivity contribution in [2.45, 2.75) is 30.8 Å². The van der Waals surface area contributed by atoms with E-state index >= 15 is 0 Å². The second-order valence-corrected chi connectivity index (χ2v) is 8.27. The number of hydrogen-bond acceptors (Lipinski definition) is 7. The van der Waals surface area contributed by atoms with E-state index in [4.69, 9.17) is 9.47 Å². The Balaban J connectivity index is 1.86. The molecular formula is C20H21F3N2O7S. The number of nitrogens with one attached hydrogen (secondary N) is 2. The molecule has 2 N–H and O–H groups in total. The lowest BCUT2D eigenvalue weighted by atomic mass is 10.2. The average molecular weight is 490 g/mol. The second kappa shape index (κ2) is 11.0. The molecule has 0 aliphatic heterocycles. The maximum atomic E-state index is 12.4. The molecule has 0 bridgehead atoms. The summed E-state index contributed by atoms with van der Waals surface area (Å²) in [5.74, 6) is -1.87. The van der Waals surface area contributed by atoms with Gasteiger partial charge in [0.2, 0.25) is 10.0 Å². The Morgan fingerprint density at radius 3 is 2.30 bits per heavy atom. The minimum atomic E-state index is -4.90. The molecule has 0 aliphatic carbocycles. The highest BCUT2D eigenvalue weighted by atomic mass is 32.2. The first kappa shape index (κ1) is 25.9. The van der Waals surface area contributed by atoms with E-state index in [9.17, 15) is 31.2 Å². The summed E-state index contributed by atoms with van der Waals surface area (Å²) in [6.45, 7) is 0.143. The Kier molecular flexibility index (Phi) is 8.65. The van der Waals surface area contributed by atoms with E-state index in [0.717, 1.165) is 6.07 Å². The summed E-state index contributed by atoms with van der Waals surface area (Å²) in [5, 5.41) is 2.29. The first-order chi connectivity index (χ1) is 15.4. The van der Waals surface area contributed by atoms with Crippen LogP contribution in [0.25, 0.3) is 0 Å². The monoisotopic (exact) mass is 490 g/mol. The fraction of sp³-hybridized carbons (Fsp3) is 0.300. The van der Waals surface area contributed by atoms with Gasteiger partial charge in [-0.25, -0.2) is 8.42 Å². The summed E-state index contributed by atoms with van der Waals surface area (Å²) in [4.78, 5) is 23.8. The van der Waals surface area contributed by atoms with E-state index in [1.54, 1.807) is 0 Å². The van der Waals surface area contributed by atoms with Gasteiger partial charge in [-0.05, 0) is 37.3 Å². The van der Waals surface area contributed by atoms with Crippen LogP contribution >= 0.6 is 0 Å². The second-order valence-electron chi connectivity index (χ2n) is 6.56. The molecule has 0 fully saturated rings. The van der Waals surface area contributed by atoms with Crippen LogP contribution in [0.2, 0.25) is 0 Å². The van der Waals surface area contributed by atoms with Gasteiger partial charge in [0.1, 0.15) is 17.5 Å². The Morgan fingerprint density at radius 2 is 1.70 bits per heavy atom. The lowest BCUT2D eigenvalue weighted by Gasteiger charge is -2.15. The number of amides is 1. The third-order valence-electron chi connectivity index (χ3n) is 4.08. The van der Waals surface area contributed by atoms with Gasteiger partial charge in [-0.2, -0.15) is 4.72 Å². The number of methoxy groups -OCH3 is 1. The summed E-state index contributed by atoms with van der Waals surface area (Å²) in [6, 6.07) is 9.32. The first-order valence-corrected chi connectivity index (χ1v) is 10.8. The van der Waals surface area contributed by atoms with Crippen LogP contribution in [0, 0.1) is 0 Å². The molecule has 180 valence electrons. The molecule has 9 nitrogen and oxygen atoms in total.